The Bertz CT molecular complexity index is 360. The Morgan fingerprint density at radius 3 is 2.64 bits per heavy atom. The van der Waals surface area contributed by atoms with Crippen LogP contribution in [0.5, 0.6) is 0 Å². The molecule has 0 atom stereocenters. The fourth-order valence-electron chi connectivity index (χ4n) is 0.904. The highest BCUT2D eigenvalue weighted by molar-refractivity contribution is 6.37. The van der Waals surface area contributed by atoms with Crippen LogP contribution in [0.15, 0.2) is 12.3 Å². The van der Waals surface area contributed by atoms with Crippen LogP contribution < -0.4 is 0 Å². The number of aromatic amines is 1. The van der Waals surface area contributed by atoms with Crippen LogP contribution in [-0.2, 0) is 0 Å². The highest BCUT2D eigenvalue weighted by Gasteiger charge is 2.05. The van der Waals surface area contributed by atoms with E-state index in [0.717, 1.165) is 10.9 Å². The Kier molecular flexibility index (Phi) is 1.47. The second-order valence-corrected chi connectivity index (χ2v) is 2.76. The van der Waals surface area contributed by atoms with Crippen molar-refractivity contribution in [2.24, 2.45) is 0 Å². The standard InChI is InChI=1S/C6H3Cl2N3/c7-5-3-1-2-9-4(3)6(8)11-10-5/h1-2,9H. The number of H-pyrrole nitrogens is 1. The monoisotopic (exact) mass is 187 g/mol. The number of hydrogen-bond donors (Lipinski definition) is 1. The molecule has 0 fully saturated rings. The summed E-state index contributed by atoms with van der Waals surface area (Å²) < 4.78 is 0. The zero-order chi connectivity index (χ0) is 7.84. The van der Waals surface area contributed by atoms with E-state index in [1.54, 1.807) is 12.3 Å². The normalized spacial score (nSPS) is 10.7. The van der Waals surface area contributed by atoms with Crippen LogP contribution in [0.25, 0.3) is 10.9 Å². The fraction of sp³-hybridized carbons (Fsp3) is 0. The number of aromatic nitrogens is 3. The van der Waals surface area contributed by atoms with Crippen molar-refractivity contribution in [1.82, 2.24) is 15.2 Å². The third-order valence-electron chi connectivity index (χ3n) is 1.40. The van der Waals surface area contributed by atoms with Crippen molar-refractivity contribution in [2.45, 2.75) is 0 Å². The quantitative estimate of drug-likeness (QED) is 0.688. The minimum Gasteiger partial charge on any atom is -0.359 e. The number of nitrogens with zero attached hydrogens (tertiary/aromatic N) is 2. The van der Waals surface area contributed by atoms with Gasteiger partial charge >= 0.3 is 0 Å². The van der Waals surface area contributed by atoms with Crippen molar-refractivity contribution in [3.63, 3.8) is 0 Å². The van der Waals surface area contributed by atoms with Crippen LogP contribution in [0.1, 0.15) is 0 Å². The van der Waals surface area contributed by atoms with Crippen molar-refractivity contribution in [3.8, 4) is 0 Å². The average Bonchev–Trinajstić information content (AvgIpc) is 2.45. The van der Waals surface area contributed by atoms with Crippen LogP contribution in [0.4, 0.5) is 0 Å². The van der Waals surface area contributed by atoms with Crippen LogP contribution in [-0.4, -0.2) is 15.2 Å². The van der Waals surface area contributed by atoms with Gasteiger partial charge in [-0.25, -0.2) is 0 Å². The summed E-state index contributed by atoms with van der Waals surface area (Å²) in [4.78, 5) is 2.91. The van der Waals surface area contributed by atoms with Crippen LogP contribution in [0, 0.1) is 0 Å². The third kappa shape index (κ3) is 0.968. The number of rotatable bonds is 0. The Morgan fingerprint density at radius 2 is 1.91 bits per heavy atom. The molecule has 0 saturated heterocycles. The molecule has 2 aromatic rings. The number of fused-ring (bicyclic) bond motifs is 1. The molecule has 0 aliphatic rings. The van der Waals surface area contributed by atoms with Gasteiger partial charge in [-0.1, -0.05) is 23.2 Å². The summed E-state index contributed by atoms with van der Waals surface area (Å²) in [6.07, 6.45) is 1.74. The molecule has 0 aliphatic heterocycles. The van der Waals surface area contributed by atoms with Gasteiger partial charge in [-0.05, 0) is 6.07 Å². The first kappa shape index (κ1) is 6.88. The molecule has 2 heterocycles. The van der Waals surface area contributed by atoms with Crippen LogP contribution in [0.2, 0.25) is 10.3 Å². The van der Waals surface area contributed by atoms with Gasteiger partial charge in [-0.15, -0.1) is 10.2 Å². The molecule has 1 N–H and O–H groups in total. The predicted molar refractivity (Wildman–Crippen MR) is 43.9 cm³/mol. The number of hydrogen-bond acceptors (Lipinski definition) is 2. The zero-order valence-electron chi connectivity index (χ0n) is 5.31. The van der Waals surface area contributed by atoms with Crippen molar-refractivity contribution in [3.05, 3.63) is 22.6 Å². The van der Waals surface area contributed by atoms with E-state index in [0.29, 0.717) is 10.3 Å². The topological polar surface area (TPSA) is 41.6 Å². The summed E-state index contributed by atoms with van der Waals surface area (Å²) in [7, 11) is 0. The fourth-order valence-corrected chi connectivity index (χ4v) is 1.29. The van der Waals surface area contributed by atoms with E-state index in [1.807, 2.05) is 0 Å². The molecule has 0 bridgehead atoms. The van der Waals surface area contributed by atoms with Crippen molar-refractivity contribution >= 4 is 34.1 Å². The molecule has 3 nitrogen and oxygen atoms in total. The van der Waals surface area contributed by atoms with E-state index < -0.39 is 0 Å². The van der Waals surface area contributed by atoms with Gasteiger partial charge in [-0.3, -0.25) is 0 Å². The van der Waals surface area contributed by atoms with Gasteiger partial charge in [0.2, 0.25) is 0 Å². The highest BCUT2D eigenvalue weighted by Crippen LogP contribution is 2.23. The number of nitrogens with one attached hydrogen (secondary N) is 1. The van der Waals surface area contributed by atoms with E-state index in [9.17, 15) is 0 Å². The molecule has 0 amide bonds. The largest absolute Gasteiger partial charge is 0.359 e. The Balaban J connectivity index is 2.96. The van der Waals surface area contributed by atoms with Crippen molar-refractivity contribution in [1.29, 1.82) is 0 Å². The van der Waals surface area contributed by atoms with E-state index in [-0.39, 0.29) is 0 Å². The maximum Gasteiger partial charge on any atom is 0.175 e. The van der Waals surface area contributed by atoms with Gasteiger partial charge in [-0.2, -0.15) is 0 Å². The van der Waals surface area contributed by atoms with Crippen LogP contribution >= 0.6 is 23.2 Å². The van der Waals surface area contributed by atoms with E-state index in [1.165, 1.54) is 0 Å². The Morgan fingerprint density at radius 1 is 1.18 bits per heavy atom. The second kappa shape index (κ2) is 2.36. The third-order valence-corrected chi connectivity index (χ3v) is 1.94. The van der Waals surface area contributed by atoms with Gasteiger partial charge in [0, 0.05) is 11.6 Å². The second-order valence-electron chi connectivity index (χ2n) is 2.05. The van der Waals surface area contributed by atoms with E-state index in [4.69, 9.17) is 23.2 Å². The van der Waals surface area contributed by atoms with Gasteiger partial charge in [0.25, 0.3) is 0 Å². The maximum absolute atomic E-state index is 5.72. The van der Waals surface area contributed by atoms with Gasteiger partial charge in [0.1, 0.15) is 0 Å². The minimum atomic E-state index is 0.342. The molecule has 56 valence electrons. The first-order chi connectivity index (χ1) is 5.29. The summed E-state index contributed by atoms with van der Waals surface area (Å²) in [6, 6.07) is 1.80. The molecule has 0 spiro atoms. The van der Waals surface area contributed by atoms with Gasteiger partial charge in [0.05, 0.1) is 5.52 Å². The predicted octanol–water partition coefficient (Wildman–Crippen LogP) is 2.26. The van der Waals surface area contributed by atoms with Crippen molar-refractivity contribution < 1.29 is 0 Å². The summed E-state index contributed by atoms with van der Waals surface area (Å²) in [5, 5.41) is 8.78. The lowest BCUT2D eigenvalue weighted by Gasteiger charge is -1.92. The average molecular weight is 188 g/mol. The molecule has 2 rings (SSSR count). The van der Waals surface area contributed by atoms with Crippen molar-refractivity contribution in [2.75, 3.05) is 0 Å². The molecule has 0 saturated carbocycles. The molecule has 0 aliphatic carbocycles. The maximum atomic E-state index is 5.72. The molecule has 0 aromatic carbocycles. The summed E-state index contributed by atoms with van der Waals surface area (Å²) >= 11 is 11.4. The van der Waals surface area contributed by atoms with E-state index >= 15 is 0 Å². The number of halogens is 2. The lowest BCUT2D eigenvalue weighted by molar-refractivity contribution is 1.05. The van der Waals surface area contributed by atoms with Gasteiger partial charge < -0.3 is 4.98 Å². The summed E-state index contributed by atoms with van der Waals surface area (Å²) in [6.45, 7) is 0. The smallest absolute Gasteiger partial charge is 0.175 e. The molecule has 0 radical (unpaired) electrons. The van der Waals surface area contributed by atoms with E-state index in [2.05, 4.69) is 15.2 Å². The first-order valence-electron chi connectivity index (χ1n) is 2.94. The summed E-state index contributed by atoms with van der Waals surface area (Å²) in [5.74, 6) is 0. The lowest BCUT2D eigenvalue weighted by Crippen LogP contribution is -1.83. The lowest BCUT2D eigenvalue weighted by atomic mass is 10.4. The Hall–Kier alpha value is -0.800. The zero-order valence-corrected chi connectivity index (χ0v) is 6.82. The minimum absolute atomic E-state index is 0.342. The molecule has 5 heteroatoms. The molecule has 2 aromatic heterocycles. The summed E-state index contributed by atoms with van der Waals surface area (Å²) in [5.41, 5.74) is 0.728. The molecule has 0 unspecified atom stereocenters. The molecule has 11 heavy (non-hydrogen) atoms. The first-order valence-corrected chi connectivity index (χ1v) is 3.69. The highest BCUT2D eigenvalue weighted by atomic mass is 35.5. The van der Waals surface area contributed by atoms with Crippen LogP contribution in [0.3, 0.4) is 0 Å². The van der Waals surface area contributed by atoms with Gasteiger partial charge in [0.15, 0.2) is 10.3 Å². The Labute approximate surface area is 72.3 Å². The molecular formula is C6H3Cl2N3. The molecular weight excluding hydrogens is 185 g/mol. The SMILES string of the molecule is Clc1nnc(Cl)c2[nH]ccc12.